The van der Waals surface area contributed by atoms with Gasteiger partial charge in [-0.05, 0) is 18.2 Å². The summed E-state index contributed by atoms with van der Waals surface area (Å²) in [5.41, 5.74) is 0.655. The van der Waals surface area contributed by atoms with Gasteiger partial charge in [0.25, 0.3) is 12.4 Å². The molecule has 3 N–H and O–H groups in total. The van der Waals surface area contributed by atoms with Crippen LogP contribution in [0.4, 0.5) is 11.5 Å². The minimum atomic E-state index is -0.441. The van der Waals surface area contributed by atoms with E-state index in [1.54, 1.807) is 24.3 Å². The molecular weight excluding hydrogens is 345 g/mol. The molecule has 1 heterocycles. The van der Waals surface area contributed by atoms with Crippen molar-refractivity contribution in [3.05, 3.63) is 52.1 Å². The molecule has 0 saturated heterocycles. The van der Waals surface area contributed by atoms with Crippen molar-refractivity contribution in [3.8, 4) is 0 Å². The number of anilines is 2. The lowest BCUT2D eigenvalue weighted by Crippen LogP contribution is -2.13. The van der Waals surface area contributed by atoms with E-state index in [2.05, 4.69) is 15.6 Å². The van der Waals surface area contributed by atoms with E-state index in [-0.39, 0.29) is 22.1 Å². The van der Waals surface area contributed by atoms with Crippen molar-refractivity contribution in [3.63, 3.8) is 0 Å². The molecule has 0 aliphatic heterocycles. The Morgan fingerprint density at radius 2 is 1.78 bits per heavy atom. The van der Waals surface area contributed by atoms with Crippen LogP contribution in [0.15, 0.2) is 36.5 Å². The smallest absolute Gasteiger partial charge is 0.290 e. The molecule has 7 nitrogen and oxygen atoms in total. The lowest BCUT2D eigenvalue weighted by atomic mass is 10.2. The number of carbonyl (C=O) groups excluding carboxylic acids is 2. The third-order valence-corrected chi connectivity index (χ3v) is 3.04. The molecule has 2 aromatic rings. The number of rotatable bonds is 4. The highest BCUT2D eigenvalue weighted by Gasteiger charge is 2.14. The fourth-order valence-corrected chi connectivity index (χ4v) is 2.13. The SMILES string of the molecule is O=CNc1cc(NC(=O)c2c(Cl)cccc2Cl)ccn1.O=CO. The highest BCUT2D eigenvalue weighted by atomic mass is 35.5. The van der Waals surface area contributed by atoms with Crippen LogP contribution < -0.4 is 10.6 Å². The maximum atomic E-state index is 12.1. The molecule has 2 amide bonds. The van der Waals surface area contributed by atoms with Crippen molar-refractivity contribution in [1.82, 2.24) is 4.98 Å². The normalized spacial score (nSPS) is 9.13. The first-order valence-electron chi connectivity index (χ1n) is 6.03. The summed E-state index contributed by atoms with van der Waals surface area (Å²) in [6.07, 6.45) is 1.95. The van der Waals surface area contributed by atoms with Crippen LogP contribution in [0.1, 0.15) is 10.4 Å². The van der Waals surface area contributed by atoms with Gasteiger partial charge in [-0.25, -0.2) is 4.98 Å². The van der Waals surface area contributed by atoms with Crippen LogP contribution in [0, 0.1) is 0 Å². The van der Waals surface area contributed by atoms with Crippen LogP contribution >= 0.6 is 23.2 Å². The van der Waals surface area contributed by atoms with E-state index in [0.717, 1.165) is 0 Å². The fraction of sp³-hybridized carbons (Fsp3) is 0. The number of hydrogen-bond donors (Lipinski definition) is 3. The van der Waals surface area contributed by atoms with Gasteiger partial charge in [-0.15, -0.1) is 0 Å². The fourth-order valence-electron chi connectivity index (χ4n) is 1.56. The molecule has 0 radical (unpaired) electrons. The third-order valence-electron chi connectivity index (χ3n) is 2.41. The van der Waals surface area contributed by atoms with Gasteiger partial charge in [0.2, 0.25) is 6.41 Å². The average molecular weight is 356 g/mol. The van der Waals surface area contributed by atoms with Crippen molar-refractivity contribution in [2.45, 2.75) is 0 Å². The molecule has 0 saturated carbocycles. The molecular formula is C14H11Cl2N3O4. The Morgan fingerprint density at radius 3 is 2.35 bits per heavy atom. The second-order valence-electron chi connectivity index (χ2n) is 3.85. The van der Waals surface area contributed by atoms with Crippen molar-refractivity contribution in [2.75, 3.05) is 10.6 Å². The standard InChI is InChI=1S/C13H9Cl2N3O2.CH2O2/c14-9-2-1-3-10(15)12(9)13(20)18-8-4-5-16-11(6-8)17-7-19;2-1-3/h1-7H,(H2,16,17,18,19,20);1H,(H,2,3). The summed E-state index contributed by atoms with van der Waals surface area (Å²) in [6, 6.07) is 7.90. The largest absolute Gasteiger partial charge is 0.483 e. The van der Waals surface area contributed by atoms with E-state index in [0.29, 0.717) is 17.9 Å². The van der Waals surface area contributed by atoms with Gasteiger partial charge in [0.1, 0.15) is 5.82 Å². The predicted octanol–water partition coefficient (Wildman–Crippen LogP) is 2.91. The number of pyridine rings is 1. The number of nitrogens with one attached hydrogen (secondary N) is 2. The van der Waals surface area contributed by atoms with Crippen LogP contribution in [0.3, 0.4) is 0 Å². The van der Waals surface area contributed by atoms with E-state index in [1.807, 2.05) is 0 Å². The Balaban J connectivity index is 0.000000816. The first-order valence-corrected chi connectivity index (χ1v) is 6.78. The first kappa shape index (κ1) is 18.4. The zero-order valence-electron chi connectivity index (χ0n) is 11.5. The van der Waals surface area contributed by atoms with Crippen molar-refractivity contribution >= 4 is 53.5 Å². The zero-order chi connectivity index (χ0) is 17.2. The van der Waals surface area contributed by atoms with Gasteiger partial charge in [0.15, 0.2) is 0 Å². The molecule has 0 aliphatic rings. The van der Waals surface area contributed by atoms with Gasteiger partial charge in [-0.2, -0.15) is 0 Å². The lowest BCUT2D eigenvalue weighted by molar-refractivity contribution is -0.122. The van der Waals surface area contributed by atoms with Crippen molar-refractivity contribution in [1.29, 1.82) is 0 Å². The monoisotopic (exact) mass is 355 g/mol. The second kappa shape index (κ2) is 9.39. The quantitative estimate of drug-likeness (QED) is 0.730. The number of benzene rings is 1. The molecule has 0 aliphatic carbocycles. The summed E-state index contributed by atoms with van der Waals surface area (Å²) in [6.45, 7) is -0.250. The van der Waals surface area contributed by atoms with Crippen LogP contribution in [-0.2, 0) is 9.59 Å². The summed E-state index contributed by atoms with van der Waals surface area (Å²) in [5.74, 6) is -0.119. The number of amides is 2. The van der Waals surface area contributed by atoms with Crippen molar-refractivity contribution in [2.24, 2.45) is 0 Å². The molecule has 0 spiro atoms. The maximum absolute atomic E-state index is 12.1. The topological polar surface area (TPSA) is 108 Å². The third kappa shape index (κ3) is 5.57. The van der Waals surface area contributed by atoms with Crippen LogP contribution in [-0.4, -0.2) is 28.9 Å². The van der Waals surface area contributed by atoms with Gasteiger partial charge in [-0.1, -0.05) is 29.3 Å². The average Bonchev–Trinajstić information content (AvgIpc) is 2.48. The van der Waals surface area contributed by atoms with Crippen LogP contribution in [0.25, 0.3) is 0 Å². The van der Waals surface area contributed by atoms with Gasteiger partial charge >= 0.3 is 0 Å². The summed E-state index contributed by atoms with van der Waals surface area (Å²) < 4.78 is 0. The Kier molecular flexibility index (Phi) is 7.52. The second-order valence-corrected chi connectivity index (χ2v) is 4.66. The highest BCUT2D eigenvalue weighted by Crippen LogP contribution is 2.25. The lowest BCUT2D eigenvalue weighted by Gasteiger charge is -2.09. The van der Waals surface area contributed by atoms with Crippen LogP contribution in [0.2, 0.25) is 10.0 Å². The Bertz CT molecular complexity index is 690. The highest BCUT2D eigenvalue weighted by molar-refractivity contribution is 6.40. The van der Waals surface area contributed by atoms with Gasteiger partial charge in [0.05, 0.1) is 15.6 Å². The summed E-state index contributed by atoms with van der Waals surface area (Å²) in [7, 11) is 0. The Labute approximate surface area is 141 Å². The molecule has 1 aromatic heterocycles. The van der Waals surface area contributed by atoms with Crippen molar-refractivity contribution < 1.29 is 19.5 Å². The van der Waals surface area contributed by atoms with E-state index >= 15 is 0 Å². The van der Waals surface area contributed by atoms with Crippen LogP contribution in [0.5, 0.6) is 0 Å². The Morgan fingerprint density at radius 1 is 1.17 bits per heavy atom. The predicted molar refractivity (Wildman–Crippen MR) is 87.0 cm³/mol. The van der Waals surface area contributed by atoms with E-state index in [4.69, 9.17) is 33.1 Å². The molecule has 1 aromatic carbocycles. The maximum Gasteiger partial charge on any atom is 0.290 e. The minimum absolute atomic E-state index is 0.192. The molecule has 0 atom stereocenters. The zero-order valence-corrected chi connectivity index (χ0v) is 13.0. The molecule has 0 fully saturated rings. The molecule has 0 bridgehead atoms. The number of hydrogen-bond acceptors (Lipinski definition) is 4. The van der Waals surface area contributed by atoms with E-state index in [9.17, 15) is 9.59 Å². The molecule has 0 unspecified atom stereocenters. The number of carbonyl (C=O) groups is 3. The molecule has 2 rings (SSSR count). The van der Waals surface area contributed by atoms with E-state index < -0.39 is 5.91 Å². The summed E-state index contributed by atoms with van der Waals surface area (Å²) in [5, 5.41) is 12.4. The van der Waals surface area contributed by atoms with E-state index in [1.165, 1.54) is 12.3 Å². The first-order chi connectivity index (χ1) is 11.0. The summed E-state index contributed by atoms with van der Waals surface area (Å²) in [4.78, 5) is 34.7. The molecule has 23 heavy (non-hydrogen) atoms. The van der Waals surface area contributed by atoms with Gasteiger partial charge in [-0.3, -0.25) is 14.4 Å². The minimum Gasteiger partial charge on any atom is -0.483 e. The number of carboxylic acid groups (broad SMARTS) is 1. The molecule has 120 valence electrons. The van der Waals surface area contributed by atoms with Gasteiger partial charge in [0, 0.05) is 18.0 Å². The number of nitrogens with zero attached hydrogens (tertiary/aromatic N) is 1. The summed E-state index contributed by atoms with van der Waals surface area (Å²) >= 11 is 11.9. The van der Waals surface area contributed by atoms with Gasteiger partial charge < -0.3 is 15.7 Å². The number of aromatic nitrogens is 1. The number of halogens is 2. The Hall–Kier alpha value is -2.64. The molecule has 9 heteroatoms.